The Bertz CT molecular complexity index is 751. The van der Waals surface area contributed by atoms with Crippen LogP contribution in [0.5, 0.6) is 0 Å². The number of carbonyl (C=O) groups excluding carboxylic acids is 1. The van der Waals surface area contributed by atoms with Gasteiger partial charge in [0, 0.05) is 25.3 Å². The fourth-order valence-electron chi connectivity index (χ4n) is 4.56. The number of alkyl carbamates (subject to hydrolysis) is 1. The summed E-state index contributed by atoms with van der Waals surface area (Å²) < 4.78 is 10.9. The Morgan fingerprint density at radius 1 is 1.15 bits per heavy atom. The molecule has 1 aromatic rings. The molecule has 1 saturated carbocycles. The second-order valence-electron chi connectivity index (χ2n) is 10.3. The van der Waals surface area contributed by atoms with Crippen molar-refractivity contribution < 1.29 is 14.3 Å². The van der Waals surface area contributed by atoms with Crippen molar-refractivity contribution in [2.45, 2.75) is 83.9 Å². The topological polar surface area (TPSA) is 62.8 Å². The normalized spacial score (nSPS) is 18.5. The maximum Gasteiger partial charge on any atom is 0.408 e. The summed E-state index contributed by atoms with van der Waals surface area (Å²) in [7, 11) is 0. The summed E-state index contributed by atoms with van der Waals surface area (Å²) in [4.78, 5) is 15.5. The van der Waals surface area contributed by atoms with Crippen LogP contribution in [-0.2, 0) is 16.0 Å². The molecule has 1 amide bonds. The number of morpholine rings is 1. The lowest BCUT2D eigenvalue weighted by molar-refractivity contribution is 0.0514. The van der Waals surface area contributed by atoms with Gasteiger partial charge in [0.05, 0.1) is 24.2 Å². The molecule has 0 bridgehead atoms. The summed E-state index contributed by atoms with van der Waals surface area (Å²) in [6.07, 6.45) is 8.07. The van der Waals surface area contributed by atoms with Gasteiger partial charge in [0.1, 0.15) is 5.60 Å². The van der Waals surface area contributed by atoms with Crippen LogP contribution >= 0.6 is 12.2 Å². The zero-order chi connectivity index (χ0) is 23.7. The van der Waals surface area contributed by atoms with E-state index in [1.54, 1.807) is 0 Å². The average molecular weight is 476 g/mol. The van der Waals surface area contributed by atoms with Crippen molar-refractivity contribution in [3.05, 3.63) is 29.8 Å². The number of rotatable bonds is 8. The summed E-state index contributed by atoms with van der Waals surface area (Å²) in [5.41, 5.74) is 1.86. The first-order valence-electron chi connectivity index (χ1n) is 12.5. The molecule has 1 heterocycles. The highest BCUT2D eigenvalue weighted by Crippen LogP contribution is 2.28. The van der Waals surface area contributed by atoms with Crippen LogP contribution in [0.3, 0.4) is 0 Å². The predicted molar refractivity (Wildman–Crippen MR) is 138 cm³/mol. The molecule has 0 aromatic heterocycles. The van der Waals surface area contributed by atoms with Gasteiger partial charge in [-0.2, -0.15) is 0 Å². The number of hydrogen-bond acceptors (Lipinski definition) is 5. The van der Waals surface area contributed by atoms with Crippen molar-refractivity contribution in [1.29, 1.82) is 0 Å². The van der Waals surface area contributed by atoms with Crippen molar-refractivity contribution >= 4 is 29.0 Å². The van der Waals surface area contributed by atoms with E-state index in [9.17, 15) is 4.79 Å². The largest absolute Gasteiger partial charge is 0.444 e. The number of ether oxygens (including phenoxy) is 2. The van der Waals surface area contributed by atoms with Crippen LogP contribution in [0, 0.1) is 5.92 Å². The highest BCUT2D eigenvalue weighted by atomic mass is 32.1. The van der Waals surface area contributed by atoms with Gasteiger partial charge in [-0.05, 0) is 57.2 Å². The van der Waals surface area contributed by atoms with Crippen LogP contribution in [0.4, 0.5) is 10.5 Å². The van der Waals surface area contributed by atoms with Gasteiger partial charge in [0.2, 0.25) is 0 Å². The van der Waals surface area contributed by atoms with Crippen LogP contribution < -0.4 is 15.5 Å². The minimum atomic E-state index is -0.532. The molecule has 2 fully saturated rings. The zero-order valence-electron chi connectivity index (χ0n) is 20.5. The van der Waals surface area contributed by atoms with Gasteiger partial charge in [-0.15, -0.1) is 0 Å². The van der Waals surface area contributed by atoms with Gasteiger partial charge in [-0.3, -0.25) is 0 Å². The molecule has 7 heteroatoms. The first kappa shape index (κ1) is 25.8. The van der Waals surface area contributed by atoms with Crippen molar-refractivity contribution in [2.24, 2.45) is 5.92 Å². The molecule has 0 spiro atoms. The smallest absolute Gasteiger partial charge is 0.408 e. The lowest BCUT2D eigenvalue weighted by atomic mass is 9.85. The predicted octanol–water partition coefficient (Wildman–Crippen LogP) is 5.19. The number of benzene rings is 1. The van der Waals surface area contributed by atoms with E-state index in [0.29, 0.717) is 11.5 Å². The number of hydrogen-bond donors (Lipinski definition) is 2. The van der Waals surface area contributed by atoms with E-state index < -0.39 is 11.7 Å². The van der Waals surface area contributed by atoms with E-state index in [-0.39, 0.29) is 6.04 Å². The van der Waals surface area contributed by atoms with Crippen molar-refractivity contribution in [3.63, 3.8) is 0 Å². The number of thiocarbonyl (C=S) groups is 1. The molecule has 1 aromatic carbocycles. The summed E-state index contributed by atoms with van der Waals surface area (Å²) in [5, 5.41) is 6.40. The van der Waals surface area contributed by atoms with Crippen molar-refractivity contribution in [2.75, 3.05) is 31.2 Å². The third-order valence-electron chi connectivity index (χ3n) is 6.38. The molecular formula is C26H41N3O3S. The zero-order valence-corrected chi connectivity index (χ0v) is 21.3. The summed E-state index contributed by atoms with van der Waals surface area (Å²) in [5.74, 6) is 0.734. The van der Waals surface area contributed by atoms with Gasteiger partial charge in [0.15, 0.2) is 0 Å². The van der Waals surface area contributed by atoms with E-state index in [1.165, 1.54) is 37.8 Å². The van der Waals surface area contributed by atoms with Crippen molar-refractivity contribution in [3.8, 4) is 0 Å². The van der Waals surface area contributed by atoms with Gasteiger partial charge < -0.3 is 25.0 Å². The summed E-state index contributed by atoms with van der Waals surface area (Å²) >= 11 is 5.73. The lowest BCUT2D eigenvalue weighted by Crippen LogP contribution is -2.47. The molecule has 33 heavy (non-hydrogen) atoms. The number of carbonyl (C=O) groups is 1. The first-order valence-corrected chi connectivity index (χ1v) is 12.9. The van der Waals surface area contributed by atoms with Gasteiger partial charge in [-0.25, -0.2) is 4.79 Å². The highest BCUT2D eigenvalue weighted by molar-refractivity contribution is 7.80. The summed E-state index contributed by atoms with van der Waals surface area (Å²) in [6.45, 7) is 9.69. The number of amides is 1. The molecular weight excluding hydrogens is 434 g/mol. The lowest BCUT2D eigenvalue weighted by Gasteiger charge is -2.29. The molecule has 6 nitrogen and oxygen atoms in total. The van der Waals surface area contributed by atoms with Gasteiger partial charge in [-0.1, -0.05) is 56.5 Å². The Morgan fingerprint density at radius 3 is 2.45 bits per heavy atom. The maximum atomic E-state index is 12.5. The Kier molecular flexibility index (Phi) is 9.80. The molecule has 1 aliphatic heterocycles. The van der Waals surface area contributed by atoms with E-state index in [4.69, 9.17) is 21.7 Å². The fraction of sp³-hybridized carbons (Fsp3) is 0.692. The van der Waals surface area contributed by atoms with E-state index in [2.05, 4.69) is 39.8 Å². The van der Waals surface area contributed by atoms with Crippen LogP contribution in [0.1, 0.15) is 71.3 Å². The van der Waals surface area contributed by atoms with E-state index in [0.717, 1.165) is 50.6 Å². The summed E-state index contributed by atoms with van der Waals surface area (Å²) in [6, 6.07) is 8.37. The molecule has 3 rings (SSSR count). The second-order valence-corrected chi connectivity index (χ2v) is 10.7. The standard InChI is InChI=1S/C26H41N3O3S/c1-26(2,3)32-25(30)28-23(14-11-20-7-5-4-6-8-20)24(33)27-19-21-9-12-22(13-10-21)29-15-17-31-18-16-29/h9-10,12-13,20,23H,4-8,11,14-19H2,1-3H3,(H,27,33)(H,28,30)/t23-/m1/s1. The molecule has 2 aliphatic rings. The highest BCUT2D eigenvalue weighted by Gasteiger charge is 2.24. The van der Waals surface area contributed by atoms with Crippen LogP contribution in [-0.4, -0.2) is 49.0 Å². The molecule has 184 valence electrons. The maximum absolute atomic E-state index is 12.5. The minimum absolute atomic E-state index is 0.218. The molecule has 0 radical (unpaired) electrons. The number of nitrogens with zero attached hydrogens (tertiary/aromatic N) is 1. The molecule has 1 atom stereocenters. The third-order valence-corrected chi connectivity index (χ3v) is 6.80. The van der Waals surface area contributed by atoms with E-state index >= 15 is 0 Å². The minimum Gasteiger partial charge on any atom is -0.444 e. The Labute approximate surface area is 204 Å². The number of anilines is 1. The van der Waals surface area contributed by atoms with E-state index in [1.807, 2.05) is 20.8 Å². The van der Waals surface area contributed by atoms with Gasteiger partial charge in [0.25, 0.3) is 0 Å². The fourth-order valence-corrected chi connectivity index (χ4v) is 4.80. The molecule has 1 saturated heterocycles. The Morgan fingerprint density at radius 2 is 1.82 bits per heavy atom. The molecule has 1 aliphatic carbocycles. The van der Waals surface area contributed by atoms with Gasteiger partial charge >= 0.3 is 6.09 Å². The second kappa shape index (κ2) is 12.6. The monoisotopic (exact) mass is 475 g/mol. The molecule has 0 unspecified atom stereocenters. The Hall–Kier alpha value is -1.86. The SMILES string of the molecule is CC(C)(C)OC(=O)N[C@H](CCC1CCCCC1)C(=S)NCc1ccc(N2CCOCC2)cc1. The van der Waals surface area contributed by atoms with Crippen LogP contribution in [0.2, 0.25) is 0 Å². The average Bonchev–Trinajstić information content (AvgIpc) is 2.80. The third kappa shape index (κ3) is 9.13. The quantitative estimate of drug-likeness (QED) is 0.504. The van der Waals surface area contributed by atoms with Crippen LogP contribution in [0.15, 0.2) is 24.3 Å². The van der Waals surface area contributed by atoms with Crippen LogP contribution in [0.25, 0.3) is 0 Å². The Balaban J connectivity index is 1.54. The first-order chi connectivity index (χ1) is 15.8. The van der Waals surface area contributed by atoms with Crippen molar-refractivity contribution in [1.82, 2.24) is 10.6 Å². The molecule has 2 N–H and O–H groups in total. The number of nitrogens with one attached hydrogen (secondary N) is 2.